The number of nitrogens with one attached hydrogen (secondary N) is 4. The molecule has 5 amide bonds. The Morgan fingerprint density at radius 1 is 0.597 bits per heavy atom. The van der Waals surface area contributed by atoms with E-state index in [4.69, 9.17) is 9.84 Å². The van der Waals surface area contributed by atoms with Crippen LogP contribution in [-0.2, 0) is 29.3 Å². The third-order valence-electron chi connectivity index (χ3n) is 12.2. The maximum Gasteiger partial charge on any atom is 0.411 e. The van der Waals surface area contributed by atoms with Crippen molar-refractivity contribution in [3.05, 3.63) is 190 Å². The number of carboxylic acid groups (broad SMARTS) is 1. The van der Waals surface area contributed by atoms with E-state index in [0.717, 1.165) is 11.1 Å². The van der Waals surface area contributed by atoms with Gasteiger partial charge in [-0.05, 0) is 47.5 Å². The van der Waals surface area contributed by atoms with E-state index in [9.17, 15) is 29.4 Å². The molecule has 1 saturated heterocycles. The molecular weight excluding hydrogens is 855 g/mol. The van der Waals surface area contributed by atoms with Crippen LogP contribution < -0.4 is 10.6 Å². The molecule has 17 nitrogen and oxygen atoms in total. The van der Waals surface area contributed by atoms with E-state index in [2.05, 4.69) is 30.6 Å². The van der Waals surface area contributed by atoms with Crippen LogP contribution in [0.25, 0.3) is 22.1 Å². The van der Waals surface area contributed by atoms with Crippen LogP contribution in [-0.4, -0.2) is 100 Å². The first-order valence-corrected chi connectivity index (χ1v) is 21.5. The summed E-state index contributed by atoms with van der Waals surface area (Å²) in [6, 6.07) is 43.3. The van der Waals surface area contributed by atoms with E-state index < -0.39 is 17.5 Å². The SMILES string of the molecule is O=C(Nc1nc2cc(C3(O)c4ccccc4C(=O)N3Cc3ccccc3)ccc2[nH]1)N1CCOCC1.O=C(O)Nc1nc2cc(C3(O)c4ccccc4C(=O)N3Cc3ccccc3)ccc2[nH]1. The van der Waals surface area contributed by atoms with Gasteiger partial charge in [-0.25, -0.2) is 19.6 Å². The van der Waals surface area contributed by atoms with Gasteiger partial charge in [0.25, 0.3) is 11.8 Å². The number of aromatic amines is 2. The van der Waals surface area contributed by atoms with Gasteiger partial charge in [0.15, 0.2) is 11.4 Å². The van der Waals surface area contributed by atoms with Gasteiger partial charge in [-0.15, -0.1) is 0 Å². The Bertz CT molecular complexity index is 3190. The summed E-state index contributed by atoms with van der Waals surface area (Å²) >= 11 is 0. The Morgan fingerprint density at radius 2 is 1.03 bits per heavy atom. The highest BCUT2D eigenvalue weighted by Gasteiger charge is 2.51. The fourth-order valence-electron chi connectivity index (χ4n) is 8.96. The lowest BCUT2D eigenvalue weighted by molar-refractivity contribution is -0.0548. The largest absolute Gasteiger partial charge is 0.465 e. The van der Waals surface area contributed by atoms with Crippen molar-refractivity contribution in [1.82, 2.24) is 34.6 Å². The number of benzene rings is 6. The maximum absolute atomic E-state index is 13.4. The number of imidazole rings is 2. The Hall–Kier alpha value is -8.38. The predicted molar refractivity (Wildman–Crippen MR) is 247 cm³/mol. The quantitative estimate of drug-likeness (QED) is 0.0846. The highest BCUT2D eigenvalue weighted by molar-refractivity contribution is 6.01. The Balaban J connectivity index is 0.000000159. The average Bonchev–Trinajstić information content (AvgIpc) is 4.07. The van der Waals surface area contributed by atoms with Crippen molar-refractivity contribution in [2.45, 2.75) is 24.5 Å². The van der Waals surface area contributed by atoms with Crippen molar-refractivity contribution in [1.29, 1.82) is 0 Å². The minimum absolute atomic E-state index is 0.0793. The highest BCUT2D eigenvalue weighted by atomic mass is 16.5. The standard InChI is InChI=1S/C27H25N5O4.C23H18N4O4/c33-24-20-8-4-5-9-21(20)27(35,32(24)17-18-6-2-1-3-7-18)19-10-11-22-23(16-19)29-25(28-22)30-26(34)31-12-14-36-15-13-31;28-20-16-8-4-5-9-17(16)23(31,27(20)13-14-6-2-1-3-7-14)15-10-11-18-19(12-15)25-21(24-18)26-22(29)30/h1-11,16,35H,12-15,17H2,(H2,28,29,30,34);1-12,31H,13H2,(H,29,30)(H2,24,25,26). The summed E-state index contributed by atoms with van der Waals surface area (Å²) in [6.07, 6.45) is -1.23. The van der Waals surface area contributed by atoms with E-state index in [1.807, 2.05) is 66.7 Å². The number of H-pyrrole nitrogens is 2. The first-order valence-electron chi connectivity index (χ1n) is 21.5. The monoisotopic (exact) mass is 897 g/mol. The van der Waals surface area contributed by atoms with Crippen LogP contribution >= 0.6 is 0 Å². The molecule has 0 bridgehead atoms. The first kappa shape index (κ1) is 42.6. The number of aromatic nitrogens is 4. The number of hydrogen-bond donors (Lipinski definition) is 7. The topological polar surface area (TPSA) is 229 Å². The Kier molecular flexibility index (Phi) is 10.9. The summed E-state index contributed by atoms with van der Waals surface area (Å²) < 4.78 is 5.30. The minimum atomic E-state index is -1.70. The van der Waals surface area contributed by atoms with Gasteiger partial charge >= 0.3 is 12.1 Å². The van der Waals surface area contributed by atoms with E-state index >= 15 is 0 Å². The van der Waals surface area contributed by atoms with Crippen molar-refractivity contribution >= 4 is 57.9 Å². The number of amides is 5. The Labute approximate surface area is 382 Å². The lowest BCUT2D eigenvalue weighted by atomic mass is 9.93. The zero-order valence-electron chi connectivity index (χ0n) is 35.7. The second-order valence-electron chi connectivity index (χ2n) is 16.3. The van der Waals surface area contributed by atoms with Gasteiger partial charge in [-0.1, -0.05) is 109 Å². The summed E-state index contributed by atoms with van der Waals surface area (Å²) in [4.78, 5) is 69.5. The number of aliphatic hydroxyl groups is 2. The molecule has 8 aromatic rings. The first-order chi connectivity index (χ1) is 32.5. The van der Waals surface area contributed by atoms with Gasteiger partial charge < -0.3 is 34.9 Å². The molecule has 336 valence electrons. The molecule has 17 heteroatoms. The summed E-state index contributed by atoms with van der Waals surface area (Å²) in [5.41, 5.74) is 3.66. The number of anilines is 2. The number of nitrogens with zero attached hydrogens (tertiary/aromatic N) is 5. The summed E-state index contributed by atoms with van der Waals surface area (Å²) in [6.45, 7) is 2.52. The fraction of sp³-hybridized carbons (Fsp3) is 0.160. The zero-order valence-corrected chi connectivity index (χ0v) is 35.7. The zero-order chi connectivity index (χ0) is 46.3. The molecule has 0 aliphatic carbocycles. The normalized spacial score (nSPS) is 18.7. The number of urea groups is 1. The molecule has 6 aromatic carbocycles. The molecule has 11 rings (SSSR count). The summed E-state index contributed by atoms with van der Waals surface area (Å²) in [7, 11) is 0. The molecule has 2 unspecified atom stereocenters. The van der Waals surface area contributed by atoms with Crippen molar-refractivity contribution in [3.8, 4) is 0 Å². The van der Waals surface area contributed by atoms with E-state index in [1.165, 1.54) is 9.80 Å². The van der Waals surface area contributed by atoms with Gasteiger partial charge in [0, 0.05) is 59.6 Å². The maximum atomic E-state index is 13.4. The second kappa shape index (κ2) is 17.2. The second-order valence-corrected chi connectivity index (χ2v) is 16.3. The molecule has 67 heavy (non-hydrogen) atoms. The number of fused-ring (bicyclic) bond motifs is 4. The number of carbonyl (C=O) groups is 4. The number of hydrogen-bond acceptors (Lipinski definition) is 9. The van der Waals surface area contributed by atoms with Gasteiger partial charge in [-0.2, -0.15) is 0 Å². The highest BCUT2D eigenvalue weighted by Crippen LogP contribution is 2.45. The molecule has 7 N–H and O–H groups in total. The number of ether oxygens (including phenoxy) is 1. The van der Waals surface area contributed by atoms with Crippen molar-refractivity contribution in [3.63, 3.8) is 0 Å². The lowest BCUT2D eigenvalue weighted by Crippen LogP contribution is -2.44. The molecule has 3 aliphatic rings. The van der Waals surface area contributed by atoms with E-state index in [1.54, 1.807) is 83.8 Å². The van der Waals surface area contributed by atoms with Gasteiger partial charge in [-0.3, -0.25) is 30.0 Å². The van der Waals surface area contributed by atoms with Crippen LogP contribution in [0.1, 0.15) is 54.1 Å². The number of rotatable bonds is 8. The average molecular weight is 898 g/mol. The van der Waals surface area contributed by atoms with Crippen LogP contribution in [0.2, 0.25) is 0 Å². The minimum Gasteiger partial charge on any atom is -0.465 e. The third-order valence-corrected chi connectivity index (χ3v) is 12.2. The van der Waals surface area contributed by atoms with Crippen LogP contribution in [0.15, 0.2) is 146 Å². The van der Waals surface area contributed by atoms with Gasteiger partial charge in [0.1, 0.15) is 0 Å². The van der Waals surface area contributed by atoms with Crippen molar-refractivity contribution in [2.24, 2.45) is 0 Å². The Morgan fingerprint density at radius 3 is 1.49 bits per heavy atom. The molecule has 1 fully saturated rings. The summed E-state index contributed by atoms with van der Waals surface area (Å²) in [5, 5.41) is 38.0. The van der Waals surface area contributed by atoms with Crippen LogP contribution in [0, 0.1) is 0 Å². The van der Waals surface area contributed by atoms with Crippen LogP contribution in [0.3, 0.4) is 0 Å². The molecule has 2 aromatic heterocycles. The smallest absolute Gasteiger partial charge is 0.411 e. The molecule has 3 aliphatic heterocycles. The molecular formula is C50H43N9O8. The molecule has 0 spiro atoms. The predicted octanol–water partition coefficient (Wildman–Crippen LogP) is 6.78. The lowest BCUT2D eigenvalue weighted by Gasteiger charge is -2.35. The number of morpholine rings is 1. The van der Waals surface area contributed by atoms with Crippen molar-refractivity contribution in [2.75, 3.05) is 36.9 Å². The molecule has 2 atom stereocenters. The molecule has 0 radical (unpaired) electrons. The number of carbonyl (C=O) groups excluding carboxylic acids is 3. The summed E-state index contributed by atoms with van der Waals surface area (Å²) in [5.74, 6) is -0.111. The molecule has 0 saturated carbocycles. The van der Waals surface area contributed by atoms with Crippen LogP contribution in [0.4, 0.5) is 21.5 Å². The third kappa shape index (κ3) is 7.75. The van der Waals surface area contributed by atoms with Crippen LogP contribution in [0.5, 0.6) is 0 Å². The fourth-order valence-corrected chi connectivity index (χ4v) is 8.96. The van der Waals surface area contributed by atoms with Gasteiger partial charge in [0.05, 0.1) is 35.3 Å². The van der Waals surface area contributed by atoms with Crippen molar-refractivity contribution < 1.29 is 39.2 Å². The molecule has 5 heterocycles. The van der Waals surface area contributed by atoms with E-state index in [0.29, 0.717) is 87.7 Å². The van der Waals surface area contributed by atoms with Gasteiger partial charge in [0.2, 0.25) is 11.9 Å². The van der Waals surface area contributed by atoms with E-state index in [-0.39, 0.29) is 36.9 Å².